The third-order valence-electron chi connectivity index (χ3n) is 0.495. The number of halogens is 2. The number of hydrogen-bond acceptors (Lipinski definition) is 9. The molecule has 17 heteroatoms. The van der Waals surface area contributed by atoms with Gasteiger partial charge < -0.3 is 5.71 Å². The molecule has 0 heterocycles. The van der Waals surface area contributed by atoms with Crippen molar-refractivity contribution >= 4 is 50.7 Å². The zero-order chi connectivity index (χ0) is 11.4. The molecule has 9 nitrogen and oxygen atoms in total. The maximum Gasteiger partial charge on any atom is 1.00 e. The third kappa shape index (κ3) is 19.0. The average Bonchev–Trinajstić information content (AvgIpc) is 2.02. The Balaban J connectivity index is -0.0000000302. The predicted octanol–water partition coefficient (Wildman–Crippen LogP) is -11.6. The summed E-state index contributed by atoms with van der Waals surface area (Å²) in [6, 6.07) is 0. The van der Waals surface area contributed by atoms with E-state index in [1.807, 2.05) is 0 Å². The molecule has 18 heavy (non-hydrogen) atoms. The van der Waals surface area contributed by atoms with Gasteiger partial charge in [-0.25, -0.2) is 4.79 Å². The predicted molar refractivity (Wildman–Crippen MR) is 43.7 cm³/mol. The van der Waals surface area contributed by atoms with E-state index in [-0.39, 0.29) is 168 Å². The second-order valence-electron chi connectivity index (χ2n) is 1.36. The van der Waals surface area contributed by atoms with E-state index in [1.165, 1.54) is 0 Å². The molecule has 0 atom stereocenters. The fourth-order valence-electron chi connectivity index (χ4n) is 0.206. The smallest absolute Gasteiger partial charge is 1.00 e. The topological polar surface area (TPSA) is 122 Å². The minimum absolute atomic E-state index is 0. The number of carbonyl (C=O) groups excluding carboxylic acids is 1. The molecule has 0 radical (unpaired) electrons. The van der Waals surface area contributed by atoms with Crippen LogP contribution in [0.15, 0.2) is 0 Å². The van der Waals surface area contributed by atoms with Gasteiger partial charge in [-0.1, -0.05) is 0 Å². The zero-order valence-corrected chi connectivity index (χ0v) is 23.1. The monoisotopic (exact) mass is 418 g/mol. The summed E-state index contributed by atoms with van der Waals surface area (Å²) in [5, 5.41) is 0. The van der Waals surface area contributed by atoms with E-state index in [1.54, 1.807) is 0 Å². The molecule has 0 bridgehead atoms. The van der Waals surface area contributed by atoms with Crippen LogP contribution in [0.4, 0.5) is 4.79 Å². The van der Waals surface area contributed by atoms with Crippen molar-refractivity contribution in [3.63, 3.8) is 0 Å². The van der Waals surface area contributed by atoms with Gasteiger partial charge in [0.2, 0.25) is 0 Å². The van der Waals surface area contributed by atoms with Gasteiger partial charge in [0, 0.05) is 0 Å². The maximum absolute atomic E-state index is 10.3. The standard InChI is InChI=1S/CCl2O9S2.2K.2Na.4H/c2-11-13(5,6)9-1(4)10-14(7,8)12-3;;;;;;;;/q;4*+1;4*-1. The van der Waals surface area contributed by atoms with E-state index in [4.69, 9.17) is 0 Å². The molecule has 0 aromatic carbocycles. The fraction of sp³-hybridized carbons (Fsp3) is 0. The van der Waals surface area contributed by atoms with Crippen molar-refractivity contribution in [2.75, 3.05) is 0 Å². The first-order chi connectivity index (χ1) is 6.22. The van der Waals surface area contributed by atoms with Crippen LogP contribution in [0.3, 0.4) is 0 Å². The molecule has 0 N–H and O–H groups in total. The van der Waals surface area contributed by atoms with Gasteiger partial charge in [-0.3, -0.25) is 8.37 Å². The second-order valence-corrected chi connectivity index (χ2v) is 4.33. The first kappa shape index (κ1) is 34.3. The summed E-state index contributed by atoms with van der Waals surface area (Å²) in [4.78, 5) is 10.3. The van der Waals surface area contributed by atoms with Crippen LogP contribution in [0.2, 0.25) is 0 Å². The fourth-order valence-corrected chi connectivity index (χ4v) is 0.856. The van der Waals surface area contributed by atoms with Gasteiger partial charge in [-0.15, -0.1) is 7.47 Å². The van der Waals surface area contributed by atoms with Crippen molar-refractivity contribution in [1.29, 1.82) is 0 Å². The quantitative estimate of drug-likeness (QED) is 0.409. The molecule has 0 saturated heterocycles. The van der Waals surface area contributed by atoms with Crippen LogP contribution in [0.1, 0.15) is 5.71 Å². The van der Waals surface area contributed by atoms with Crippen LogP contribution in [0, 0.1) is 0 Å². The Kier molecular flexibility index (Phi) is 32.0. The molecule has 0 aromatic heterocycles. The van der Waals surface area contributed by atoms with E-state index in [2.05, 4.69) is 39.6 Å². The molecular formula is CH4Cl2K2Na2O9S2. The Bertz CT molecular complexity index is 385. The second kappa shape index (κ2) is 16.8. The van der Waals surface area contributed by atoms with Crippen molar-refractivity contribution in [2.45, 2.75) is 0 Å². The Hall–Kier alpha value is 4.94. The number of rotatable bonds is 4. The molecule has 0 saturated carbocycles. The van der Waals surface area contributed by atoms with Gasteiger partial charge in [-0.2, -0.15) is 16.8 Å². The SMILES string of the molecule is O=C(OS(=O)(=O)OCl)OS(=O)(=O)OCl.[H-].[H-].[H-].[H-].[K+].[K+].[Na+].[Na+]. The van der Waals surface area contributed by atoms with Gasteiger partial charge in [0.25, 0.3) is 0 Å². The zero-order valence-electron chi connectivity index (χ0n) is 13.7. The summed E-state index contributed by atoms with van der Waals surface area (Å²) in [5.74, 6) is 0. The van der Waals surface area contributed by atoms with Crippen LogP contribution < -0.4 is 162 Å². The molecule has 0 aromatic rings. The molecule has 0 aliphatic carbocycles. The summed E-state index contributed by atoms with van der Waals surface area (Å²) in [5.41, 5.74) is 0. The number of hydrogen-bond donors (Lipinski definition) is 0. The average molecular weight is 419 g/mol. The first-order valence-electron chi connectivity index (χ1n) is 2.25. The van der Waals surface area contributed by atoms with Crippen molar-refractivity contribution in [2.24, 2.45) is 0 Å². The van der Waals surface area contributed by atoms with E-state index in [0.29, 0.717) is 0 Å². The molecule has 92 valence electrons. The summed E-state index contributed by atoms with van der Waals surface area (Å²) in [6.07, 6.45) is -2.17. The Labute approximate surface area is 249 Å². The number of carbonyl (C=O) groups is 1. The molecule has 0 amide bonds. The van der Waals surface area contributed by atoms with Gasteiger partial charge in [0.05, 0.1) is 23.7 Å². The molecule has 0 spiro atoms. The Morgan fingerprint density at radius 2 is 1.06 bits per heavy atom. The van der Waals surface area contributed by atoms with Crippen molar-refractivity contribution in [3.8, 4) is 0 Å². The largest absolute Gasteiger partial charge is 1.00 e. The van der Waals surface area contributed by atoms with Crippen LogP contribution in [0.5, 0.6) is 0 Å². The van der Waals surface area contributed by atoms with Crippen LogP contribution in [-0.2, 0) is 36.6 Å². The van der Waals surface area contributed by atoms with Gasteiger partial charge >= 0.3 is 189 Å². The van der Waals surface area contributed by atoms with E-state index in [0.717, 1.165) is 0 Å². The third-order valence-corrected chi connectivity index (χ3v) is 2.41. The van der Waals surface area contributed by atoms with Crippen molar-refractivity contribution in [1.82, 2.24) is 0 Å². The van der Waals surface area contributed by atoms with E-state index in [9.17, 15) is 21.6 Å². The molecule has 0 fully saturated rings. The van der Waals surface area contributed by atoms with Gasteiger partial charge in [-0.05, 0) is 0 Å². The summed E-state index contributed by atoms with van der Waals surface area (Å²) in [7, 11) is -9.74. The van der Waals surface area contributed by atoms with Crippen molar-refractivity contribution in [3.05, 3.63) is 0 Å². The van der Waals surface area contributed by atoms with Crippen LogP contribution in [-0.4, -0.2) is 23.0 Å². The minimum atomic E-state index is -4.87. The molecule has 0 unspecified atom stereocenters. The van der Waals surface area contributed by atoms with Crippen LogP contribution >= 0.6 is 23.7 Å². The molecule has 0 aliphatic rings. The van der Waals surface area contributed by atoms with E-state index < -0.39 is 27.0 Å². The maximum atomic E-state index is 10.3. The van der Waals surface area contributed by atoms with E-state index >= 15 is 0 Å². The van der Waals surface area contributed by atoms with Crippen LogP contribution in [0.25, 0.3) is 0 Å². The van der Waals surface area contributed by atoms with Crippen molar-refractivity contribution < 1.29 is 205 Å². The van der Waals surface area contributed by atoms with Gasteiger partial charge in [0.15, 0.2) is 0 Å². The summed E-state index contributed by atoms with van der Waals surface area (Å²) in [6.45, 7) is 0. The molecule has 0 aliphatic heterocycles. The first-order valence-corrected chi connectivity index (χ1v) is 5.54. The summed E-state index contributed by atoms with van der Waals surface area (Å²) >= 11 is 8.63. The minimum Gasteiger partial charge on any atom is -1.00 e. The Morgan fingerprint density at radius 3 is 1.22 bits per heavy atom. The molecule has 0 rings (SSSR count). The normalized spacial score (nSPS) is 9.44. The Morgan fingerprint density at radius 1 is 0.833 bits per heavy atom. The van der Waals surface area contributed by atoms with Gasteiger partial charge in [0.1, 0.15) is 0 Å². The summed E-state index contributed by atoms with van der Waals surface area (Å²) < 4.78 is 53.7. The molecular weight excluding hydrogens is 415 g/mol.